The van der Waals surface area contributed by atoms with Gasteiger partial charge in [-0.2, -0.15) is 5.10 Å². The molecule has 0 aliphatic rings. The van der Waals surface area contributed by atoms with Crippen LogP contribution in [0.4, 0.5) is 0 Å². The number of imidazole rings is 1. The van der Waals surface area contributed by atoms with Crippen molar-refractivity contribution in [2.24, 2.45) is 7.05 Å². The summed E-state index contributed by atoms with van der Waals surface area (Å²) in [6, 6.07) is 6.18. The Kier molecular flexibility index (Phi) is 3.49. The van der Waals surface area contributed by atoms with Gasteiger partial charge < -0.3 is 4.57 Å². The average Bonchev–Trinajstić information content (AvgIpc) is 2.96. The van der Waals surface area contributed by atoms with E-state index in [9.17, 15) is 0 Å². The summed E-state index contributed by atoms with van der Waals surface area (Å²) in [5, 5.41) is 4.19. The summed E-state index contributed by atoms with van der Waals surface area (Å²) in [5.74, 6) is 0.907. The zero-order valence-corrected chi connectivity index (χ0v) is 13.5. The lowest BCUT2D eigenvalue weighted by Gasteiger charge is -2.11. The molecule has 0 amide bonds. The molecule has 0 radical (unpaired) electrons. The SMILES string of the molecule is Cc1cccc2nc(C(C)Cl)n(Cc3cnn(C)c3C)c12. The third-order valence-corrected chi connectivity index (χ3v) is 4.21. The van der Waals surface area contributed by atoms with E-state index in [0.717, 1.165) is 23.4 Å². The van der Waals surface area contributed by atoms with Gasteiger partial charge in [-0.05, 0) is 32.4 Å². The average molecular weight is 303 g/mol. The summed E-state index contributed by atoms with van der Waals surface area (Å²) < 4.78 is 4.11. The maximum absolute atomic E-state index is 6.34. The van der Waals surface area contributed by atoms with Crippen LogP contribution < -0.4 is 0 Å². The predicted octanol–water partition coefficient (Wildman–Crippen LogP) is 3.73. The molecule has 3 aromatic rings. The van der Waals surface area contributed by atoms with Gasteiger partial charge in [0.25, 0.3) is 0 Å². The highest BCUT2D eigenvalue weighted by atomic mass is 35.5. The van der Waals surface area contributed by atoms with Crippen LogP contribution in [0.5, 0.6) is 0 Å². The number of para-hydroxylation sites is 1. The molecular weight excluding hydrogens is 284 g/mol. The first-order valence-corrected chi connectivity index (χ1v) is 7.50. The van der Waals surface area contributed by atoms with Crippen LogP contribution in [-0.4, -0.2) is 19.3 Å². The minimum Gasteiger partial charge on any atom is -0.322 e. The number of aryl methyl sites for hydroxylation is 2. The summed E-state index contributed by atoms with van der Waals surface area (Å²) in [4.78, 5) is 4.71. The lowest BCUT2D eigenvalue weighted by atomic mass is 10.2. The van der Waals surface area contributed by atoms with E-state index in [-0.39, 0.29) is 5.38 Å². The molecular formula is C16H19ClN4. The van der Waals surface area contributed by atoms with E-state index in [0.29, 0.717) is 0 Å². The van der Waals surface area contributed by atoms with E-state index in [1.54, 1.807) is 0 Å². The first kappa shape index (κ1) is 14.1. The third kappa shape index (κ3) is 2.33. The first-order valence-electron chi connectivity index (χ1n) is 7.06. The lowest BCUT2D eigenvalue weighted by Crippen LogP contribution is -2.07. The van der Waals surface area contributed by atoms with Gasteiger partial charge in [-0.15, -0.1) is 11.6 Å². The molecule has 0 fully saturated rings. The van der Waals surface area contributed by atoms with Crippen molar-refractivity contribution in [3.63, 3.8) is 0 Å². The minimum absolute atomic E-state index is 0.131. The second-order valence-electron chi connectivity index (χ2n) is 5.49. The molecule has 1 unspecified atom stereocenters. The van der Waals surface area contributed by atoms with Crippen molar-refractivity contribution in [1.29, 1.82) is 0 Å². The van der Waals surface area contributed by atoms with Gasteiger partial charge in [0.1, 0.15) is 5.82 Å². The molecule has 5 heteroatoms. The molecule has 1 aromatic carbocycles. The number of hydrogen-bond donors (Lipinski definition) is 0. The topological polar surface area (TPSA) is 35.6 Å². The molecule has 0 saturated heterocycles. The third-order valence-electron chi connectivity index (χ3n) is 4.02. The molecule has 4 nitrogen and oxygen atoms in total. The molecule has 0 saturated carbocycles. The molecule has 2 aromatic heterocycles. The number of halogens is 1. The fourth-order valence-electron chi connectivity index (χ4n) is 2.72. The number of aromatic nitrogens is 4. The van der Waals surface area contributed by atoms with E-state index in [1.165, 1.54) is 16.8 Å². The Morgan fingerprint density at radius 3 is 2.67 bits per heavy atom. The quantitative estimate of drug-likeness (QED) is 0.691. The highest BCUT2D eigenvalue weighted by Gasteiger charge is 2.17. The molecule has 0 N–H and O–H groups in total. The highest BCUT2D eigenvalue weighted by molar-refractivity contribution is 6.20. The molecule has 1 atom stereocenters. The summed E-state index contributed by atoms with van der Waals surface area (Å²) in [6.07, 6.45) is 1.92. The van der Waals surface area contributed by atoms with Gasteiger partial charge in [-0.3, -0.25) is 4.68 Å². The van der Waals surface area contributed by atoms with Crippen molar-refractivity contribution >= 4 is 22.6 Å². The van der Waals surface area contributed by atoms with Crippen molar-refractivity contribution < 1.29 is 0 Å². The summed E-state index contributed by atoms with van der Waals surface area (Å²) in [6.45, 7) is 6.90. The maximum atomic E-state index is 6.34. The Balaban J connectivity index is 2.20. The maximum Gasteiger partial charge on any atom is 0.128 e. The highest BCUT2D eigenvalue weighted by Crippen LogP contribution is 2.27. The number of hydrogen-bond acceptors (Lipinski definition) is 2. The van der Waals surface area contributed by atoms with E-state index in [2.05, 4.69) is 29.6 Å². The number of benzene rings is 1. The van der Waals surface area contributed by atoms with Crippen LogP contribution in [0.25, 0.3) is 11.0 Å². The van der Waals surface area contributed by atoms with Crippen molar-refractivity contribution in [3.8, 4) is 0 Å². The monoisotopic (exact) mass is 302 g/mol. The molecule has 0 bridgehead atoms. The van der Waals surface area contributed by atoms with Gasteiger partial charge >= 0.3 is 0 Å². The first-order chi connectivity index (χ1) is 9.99. The zero-order chi connectivity index (χ0) is 15.1. The van der Waals surface area contributed by atoms with Gasteiger partial charge in [-0.1, -0.05) is 12.1 Å². The number of rotatable bonds is 3. The van der Waals surface area contributed by atoms with Crippen LogP contribution in [-0.2, 0) is 13.6 Å². The van der Waals surface area contributed by atoms with E-state index < -0.39 is 0 Å². The zero-order valence-electron chi connectivity index (χ0n) is 12.8. The molecule has 0 aliphatic carbocycles. The minimum atomic E-state index is -0.131. The Hall–Kier alpha value is -1.81. The van der Waals surface area contributed by atoms with E-state index in [4.69, 9.17) is 16.6 Å². The normalized spacial score (nSPS) is 13.0. The van der Waals surface area contributed by atoms with E-state index in [1.807, 2.05) is 37.0 Å². The van der Waals surface area contributed by atoms with Crippen LogP contribution in [0.1, 0.15) is 34.9 Å². The Morgan fingerprint density at radius 1 is 1.29 bits per heavy atom. The fraction of sp³-hybridized carbons (Fsp3) is 0.375. The van der Waals surface area contributed by atoms with Crippen molar-refractivity contribution in [3.05, 3.63) is 47.0 Å². The summed E-state index contributed by atoms with van der Waals surface area (Å²) in [7, 11) is 1.96. The van der Waals surface area contributed by atoms with Gasteiger partial charge in [0.05, 0.1) is 29.2 Å². The van der Waals surface area contributed by atoms with Crippen molar-refractivity contribution in [2.45, 2.75) is 32.7 Å². The van der Waals surface area contributed by atoms with Crippen LogP contribution in [0.3, 0.4) is 0 Å². The second-order valence-corrected chi connectivity index (χ2v) is 6.15. The molecule has 2 heterocycles. The fourth-order valence-corrected chi connectivity index (χ4v) is 2.88. The van der Waals surface area contributed by atoms with Crippen molar-refractivity contribution in [2.75, 3.05) is 0 Å². The standard InChI is InChI=1S/C16H19ClN4/c1-10-6-5-7-14-15(10)21(16(19-14)11(2)17)9-13-8-18-20(4)12(13)3/h5-8,11H,9H2,1-4H3. The number of nitrogens with zero attached hydrogens (tertiary/aromatic N) is 4. The molecule has 21 heavy (non-hydrogen) atoms. The van der Waals surface area contributed by atoms with Crippen LogP contribution in [0, 0.1) is 13.8 Å². The van der Waals surface area contributed by atoms with Crippen LogP contribution in [0.2, 0.25) is 0 Å². The second kappa shape index (κ2) is 5.19. The van der Waals surface area contributed by atoms with Gasteiger partial charge in [0.15, 0.2) is 0 Å². The molecule has 0 aliphatic heterocycles. The number of alkyl halides is 1. The Labute approximate surface area is 129 Å². The molecule has 110 valence electrons. The lowest BCUT2D eigenvalue weighted by molar-refractivity contribution is 0.719. The van der Waals surface area contributed by atoms with Gasteiger partial charge in [0, 0.05) is 18.3 Å². The molecule has 0 spiro atoms. The van der Waals surface area contributed by atoms with E-state index >= 15 is 0 Å². The Bertz CT molecular complexity index is 798. The van der Waals surface area contributed by atoms with Crippen molar-refractivity contribution in [1.82, 2.24) is 19.3 Å². The number of fused-ring (bicyclic) bond motifs is 1. The van der Waals surface area contributed by atoms with Gasteiger partial charge in [-0.25, -0.2) is 4.98 Å². The van der Waals surface area contributed by atoms with Crippen LogP contribution >= 0.6 is 11.6 Å². The largest absolute Gasteiger partial charge is 0.322 e. The van der Waals surface area contributed by atoms with Gasteiger partial charge in [0.2, 0.25) is 0 Å². The smallest absolute Gasteiger partial charge is 0.128 e. The predicted molar refractivity (Wildman–Crippen MR) is 85.8 cm³/mol. The molecule has 3 rings (SSSR count). The Morgan fingerprint density at radius 2 is 2.05 bits per heavy atom. The van der Waals surface area contributed by atoms with Crippen LogP contribution in [0.15, 0.2) is 24.4 Å². The summed E-state index contributed by atoms with van der Waals surface area (Å²) >= 11 is 6.34. The summed E-state index contributed by atoms with van der Waals surface area (Å²) in [5.41, 5.74) is 5.73.